The summed E-state index contributed by atoms with van der Waals surface area (Å²) in [7, 11) is 0. The largest absolute Gasteiger partial charge is 0.506 e. The van der Waals surface area contributed by atoms with Gasteiger partial charge < -0.3 is 15.7 Å². The molecular formula is C18H20ClN3O3. The molecular weight excluding hydrogens is 342 g/mol. The number of aromatic nitrogens is 1. The monoisotopic (exact) mass is 361 g/mol. The highest BCUT2D eigenvalue weighted by Crippen LogP contribution is 2.27. The van der Waals surface area contributed by atoms with Gasteiger partial charge in [-0.15, -0.1) is 0 Å². The van der Waals surface area contributed by atoms with Crippen LogP contribution >= 0.6 is 11.6 Å². The van der Waals surface area contributed by atoms with Crippen LogP contribution in [0, 0.1) is 0 Å². The first-order valence-electron chi connectivity index (χ1n) is 7.70. The molecule has 0 aliphatic rings. The van der Waals surface area contributed by atoms with Gasteiger partial charge in [-0.05, 0) is 44.5 Å². The Hall–Kier alpha value is -2.60. The first-order chi connectivity index (χ1) is 11.7. The molecule has 0 atom stereocenters. The number of benzene rings is 1. The predicted molar refractivity (Wildman–Crippen MR) is 96.9 cm³/mol. The molecule has 0 saturated heterocycles. The van der Waals surface area contributed by atoms with Gasteiger partial charge in [0.2, 0.25) is 5.91 Å². The number of hydrogen-bond acceptors (Lipinski definition) is 4. The van der Waals surface area contributed by atoms with E-state index >= 15 is 0 Å². The van der Waals surface area contributed by atoms with Gasteiger partial charge in [0.15, 0.2) is 0 Å². The van der Waals surface area contributed by atoms with Gasteiger partial charge in [0.05, 0.1) is 11.4 Å². The van der Waals surface area contributed by atoms with Crippen molar-refractivity contribution in [2.75, 3.05) is 5.32 Å². The Bertz CT molecular complexity index is 800. The second-order valence-corrected chi connectivity index (χ2v) is 6.99. The van der Waals surface area contributed by atoms with Gasteiger partial charge in [0, 0.05) is 17.4 Å². The Morgan fingerprint density at radius 1 is 1.24 bits per heavy atom. The molecule has 0 fully saturated rings. The molecule has 2 amide bonds. The minimum Gasteiger partial charge on any atom is -0.506 e. The fourth-order valence-electron chi connectivity index (χ4n) is 2.12. The van der Waals surface area contributed by atoms with Crippen LogP contribution in [0.5, 0.6) is 5.75 Å². The number of amides is 2. The summed E-state index contributed by atoms with van der Waals surface area (Å²) in [5.74, 6) is -0.711. The summed E-state index contributed by atoms with van der Waals surface area (Å²) in [6.45, 7) is 5.61. The maximum Gasteiger partial charge on any atom is 0.270 e. The van der Waals surface area contributed by atoms with Crippen LogP contribution in [0.3, 0.4) is 0 Å². The molecule has 0 saturated carbocycles. The van der Waals surface area contributed by atoms with E-state index in [1.165, 1.54) is 18.3 Å². The Morgan fingerprint density at radius 2 is 1.96 bits per heavy atom. The van der Waals surface area contributed by atoms with Gasteiger partial charge in [0.1, 0.15) is 11.4 Å². The number of anilines is 1. The maximum absolute atomic E-state index is 12.2. The van der Waals surface area contributed by atoms with Crippen molar-refractivity contribution in [3.8, 4) is 5.75 Å². The molecule has 132 valence electrons. The Balaban J connectivity index is 2.07. The smallest absolute Gasteiger partial charge is 0.270 e. The minimum atomic E-state index is -0.385. The highest BCUT2D eigenvalue weighted by Gasteiger charge is 2.17. The minimum absolute atomic E-state index is 0.000916. The SMILES string of the molecule is CC(C)(C)NC(=O)c1cc(NC(=O)Cc2cccc(O)c2Cl)ccn1. The number of phenolic OH excluding ortho intramolecular Hbond substituents is 1. The summed E-state index contributed by atoms with van der Waals surface area (Å²) in [5, 5.41) is 15.2. The summed E-state index contributed by atoms with van der Waals surface area (Å²) >= 11 is 5.98. The predicted octanol–water partition coefficient (Wildman–Crippen LogP) is 3.15. The molecule has 0 aliphatic carbocycles. The standard InChI is InChI=1S/C18H20ClN3O3/c1-18(2,3)22-17(25)13-10-12(7-8-20-13)21-15(24)9-11-5-4-6-14(23)16(11)19/h4-8,10,23H,9H2,1-3H3,(H,22,25)(H,20,21,24). The average molecular weight is 362 g/mol. The van der Waals surface area contributed by atoms with Crippen molar-refractivity contribution >= 4 is 29.1 Å². The van der Waals surface area contributed by atoms with Crippen LogP contribution in [0.25, 0.3) is 0 Å². The van der Waals surface area contributed by atoms with Gasteiger partial charge in [0.25, 0.3) is 5.91 Å². The number of pyridine rings is 1. The molecule has 0 aliphatic heterocycles. The van der Waals surface area contributed by atoms with E-state index in [0.717, 1.165) is 0 Å². The molecule has 25 heavy (non-hydrogen) atoms. The molecule has 2 rings (SSSR count). The van der Waals surface area contributed by atoms with Crippen molar-refractivity contribution in [1.29, 1.82) is 0 Å². The summed E-state index contributed by atoms with van der Waals surface area (Å²) in [6.07, 6.45) is 1.45. The van der Waals surface area contributed by atoms with Gasteiger partial charge >= 0.3 is 0 Å². The zero-order valence-corrected chi connectivity index (χ0v) is 15.0. The molecule has 0 bridgehead atoms. The van der Waals surface area contributed by atoms with Crippen LogP contribution in [0.1, 0.15) is 36.8 Å². The number of halogens is 1. The average Bonchev–Trinajstić information content (AvgIpc) is 2.50. The molecule has 1 heterocycles. The third kappa shape index (κ3) is 5.46. The molecule has 2 aromatic rings. The van der Waals surface area contributed by atoms with E-state index in [1.54, 1.807) is 18.2 Å². The Labute approximate surface area is 151 Å². The number of phenols is 1. The summed E-state index contributed by atoms with van der Waals surface area (Å²) in [6, 6.07) is 7.83. The van der Waals surface area contributed by atoms with Crippen molar-refractivity contribution in [1.82, 2.24) is 10.3 Å². The lowest BCUT2D eigenvalue weighted by Gasteiger charge is -2.20. The van der Waals surface area contributed by atoms with Gasteiger partial charge in [-0.3, -0.25) is 14.6 Å². The fourth-order valence-corrected chi connectivity index (χ4v) is 2.31. The third-order valence-corrected chi connectivity index (χ3v) is 3.61. The molecule has 6 nitrogen and oxygen atoms in total. The van der Waals surface area contributed by atoms with E-state index in [1.807, 2.05) is 20.8 Å². The van der Waals surface area contributed by atoms with Crippen molar-refractivity contribution in [2.24, 2.45) is 0 Å². The number of rotatable bonds is 4. The zero-order chi connectivity index (χ0) is 18.6. The van der Waals surface area contributed by atoms with Crippen molar-refractivity contribution in [2.45, 2.75) is 32.7 Å². The van der Waals surface area contributed by atoms with Crippen LogP contribution in [-0.2, 0) is 11.2 Å². The van der Waals surface area contributed by atoms with E-state index in [0.29, 0.717) is 11.3 Å². The normalized spacial score (nSPS) is 11.0. The number of hydrogen-bond donors (Lipinski definition) is 3. The summed E-state index contributed by atoms with van der Waals surface area (Å²) in [5.41, 5.74) is 0.793. The van der Waals surface area contributed by atoms with Crippen molar-refractivity contribution in [3.63, 3.8) is 0 Å². The number of nitrogens with zero attached hydrogens (tertiary/aromatic N) is 1. The van der Waals surface area contributed by atoms with E-state index in [4.69, 9.17) is 11.6 Å². The van der Waals surface area contributed by atoms with Crippen LogP contribution in [-0.4, -0.2) is 27.4 Å². The first-order valence-corrected chi connectivity index (χ1v) is 8.08. The second-order valence-electron chi connectivity index (χ2n) is 6.61. The quantitative estimate of drug-likeness (QED) is 0.780. The Morgan fingerprint density at radius 3 is 2.64 bits per heavy atom. The van der Waals surface area contributed by atoms with Crippen molar-refractivity contribution in [3.05, 3.63) is 52.8 Å². The highest BCUT2D eigenvalue weighted by molar-refractivity contribution is 6.33. The third-order valence-electron chi connectivity index (χ3n) is 3.17. The van der Waals surface area contributed by atoms with Crippen LogP contribution in [0.15, 0.2) is 36.5 Å². The molecule has 1 aromatic heterocycles. The van der Waals surface area contributed by atoms with Crippen molar-refractivity contribution < 1.29 is 14.7 Å². The number of carbonyl (C=O) groups excluding carboxylic acids is 2. The molecule has 0 radical (unpaired) electrons. The Kier molecular flexibility index (Phi) is 5.64. The fraction of sp³-hybridized carbons (Fsp3) is 0.278. The maximum atomic E-state index is 12.2. The summed E-state index contributed by atoms with van der Waals surface area (Å²) in [4.78, 5) is 28.3. The molecule has 0 spiro atoms. The van der Waals surface area contributed by atoms with E-state index in [-0.39, 0.29) is 40.2 Å². The van der Waals surface area contributed by atoms with E-state index in [2.05, 4.69) is 15.6 Å². The lowest BCUT2D eigenvalue weighted by Crippen LogP contribution is -2.40. The molecule has 1 aromatic carbocycles. The first kappa shape index (κ1) is 18.7. The lowest BCUT2D eigenvalue weighted by molar-refractivity contribution is -0.115. The van der Waals surface area contributed by atoms with Gasteiger partial charge in [-0.1, -0.05) is 23.7 Å². The zero-order valence-electron chi connectivity index (χ0n) is 14.3. The second kappa shape index (κ2) is 7.53. The molecule has 0 unspecified atom stereocenters. The van der Waals surface area contributed by atoms with Crippen LogP contribution < -0.4 is 10.6 Å². The van der Waals surface area contributed by atoms with E-state index < -0.39 is 0 Å². The number of nitrogens with one attached hydrogen (secondary N) is 2. The van der Waals surface area contributed by atoms with Crippen LogP contribution in [0.2, 0.25) is 5.02 Å². The highest BCUT2D eigenvalue weighted by atomic mass is 35.5. The molecule has 3 N–H and O–H groups in total. The lowest BCUT2D eigenvalue weighted by atomic mass is 10.1. The number of aromatic hydroxyl groups is 1. The summed E-state index contributed by atoms with van der Waals surface area (Å²) < 4.78 is 0. The van der Waals surface area contributed by atoms with Crippen LogP contribution in [0.4, 0.5) is 5.69 Å². The van der Waals surface area contributed by atoms with E-state index in [9.17, 15) is 14.7 Å². The van der Waals surface area contributed by atoms with Gasteiger partial charge in [-0.25, -0.2) is 0 Å². The number of carbonyl (C=O) groups is 2. The van der Waals surface area contributed by atoms with Gasteiger partial charge in [-0.2, -0.15) is 0 Å². The topological polar surface area (TPSA) is 91.3 Å². The molecule has 7 heteroatoms.